The maximum atomic E-state index is 10.4. The highest BCUT2D eigenvalue weighted by molar-refractivity contribution is 5.70. The molecule has 0 N–H and O–H groups in total. The molecule has 0 radical (unpaired) electrons. The lowest BCUT2D eigenvalue weighted by Crippen LogP contribution is -1.98. The molecule has 0 saturated carbocycles. The summed E-state index contributed by atoms with van der Waals surface area (Å²) in [5, 5.41) is 0. The topological polar surface area (TPSA) is 47.8 Å². The number of pyridine rings is 1. The van der Waals surface area contributed by atoms with Crippen molar-refractivity contribution in [2.45, 2.75) is 13.0 Å². The highest BCUT2D eigenvalue weighted by atomic mass is 16.1. The average Bonchev–Trinajstić information content (AvgIpc) is 2.76. The molecule has 15 heavy (non-hydrogen) atoms. The Kier molecular flexibility index (Phi) is 2.88. The van der Waals surface area contributed by atoms with Gasteiger partial charge >= 0.3 is 0 Å². The summed E-state index contributed by atoms with van der Waals surface area (Å²) >= 11 is 0. The third-order valence-corrected chi connectivity index (χ3v) is 2.16. The third-order valence-electron chi connectivity index (χ3n) is 2.16. The second kappa shape index (κ2) is 4.50. The predicted molar refractivity (Wildman–Crippen MR) is 55.6 cm³/mol. The fourth-order valence-electron chi connectivity index (χ4n) is 1.36. The molecule has 0 spiro atoms. The van der Waals surface area contributed by atoms with Crippen LogP contribution in [0.5, 0.6) is 0 Å². The number of carbonyl (C=O) groups is 1. The van der Waals surface area contributed by atoms with Crippen LogP contribution < -0.4 is 0 Å². The zero-order chi connectivity index (χ0) is 10.5. The van der Waals surface area contributed by atoms with Gasteiger partial charge in [0.2, 0.25) is 0 Å². The Morgan fingerprint density at radius 3 is 3.07 bits per heavy atom. The number of aryl methyl sites for hydroxylation is 2. The van der Waals surface area contributed by atoms with E-state index in [4.69, 9.17) is 0 Å². The maximum Gasteiger partial charge on any atom is 0.169 e. The standard InChI is InChI=1S/C11H11N3O/c15-8-11-7-14(9-13-11)5-3-10-2-1-4-12-6-10/h1-2,4,6-9H,3,5H2. The molecule has 0 amide bonds. The molecule has 0 atom stereocenters. The first-order valence-corrected chi connectivity index (χ1v) is 4.74. The van der Waals surface area contributed by atoms with Crippen LogP contribution in [0.3, 0.4) is 0 Å². The van der Waals surface area contributed by atoms with E-state index in [9.17, 15) is 4.79 Å². The van der Waals surface area contributed by atoms with Gasteiger partial charge in [0.05, 0.1) is 6.33 Å². The molecule has 2 rings (SSSR count). The molecule has 0 saturated heterocycles. The highest BCUT2D eigenvalue weighted by Gasteiger charge is 1.97. The Labute approximate surface area is 87.6 Å². The fraction of sp³-hybridized carbons (Fsp3) is 0.182. The highest BCUT2D eigenvalue weighted by Crippen LogP contribution is 2.00. The average molecular weight is 201 g/mol. The van der Waals surface area contributed by atoms with Crippen molar-refractivity contribution in [3.63, 3.8) is 0 Å². The molecular weight excluding hydrogens is 190 g/mol. The van der Waals surface area contributed by atoms with Crippen molar-refractivity contribution < 1.29 is 4.79 Å². The second-order valence-electron chi connectivity index (χ2n) is 3.27. The van der Waals surface area contributed by atoms with Crippen LogP contribution in [-0.2, 0) is 13.0 Å². The van der Waals surface area contributed by atoms with Crippen LogP contribution in [0.1, 0.15) is 16.1 Å². The van der Waals surface area contributed by atoms with Crippen molar-refractivity contribution in [2.75, 3.05) is 0 Å². The van der Waals surface area contributed by atoms with Gasteiger partial charge in [-0.2, -0.15) is 0 Å². The number of carbonyl (C=O) groups excluding carboxylic acids is 1. The smallest absolute Gasteiger partial charge is 0.169 e. The second-order valence-corrected chi connectivity index (χ2v) is 3.27. The van der Waals surface area contributed by atoms with Gasteiger partial charge in [-0.25, -0.2) is 4.98 Å². The van der Waals surface area contributed by atoms with Crippen LogP contribution in [0.2, 0.25) is 0 Å². The van der Waals surface area contributed by atoms with E-state index >= 15 is 0 Å². The van der Waals surface area contributed by atoms with Gasteiger partial charge in [0.25, 0.3) is 0 Å². The lowest BCUT2D eigenvalue weighted by molar-refractivity contribution is 0.111. The third kappa shape index (κ3) is 2.49. The summed E-state index contributed by atoms with van der Waals surface area (Å²) in [6, 6.07) is 3.95. The Hall–Kier alpha value is -1.97. The molecule has 2 aromatic heterocycles. The first-order valence-electron chi connectivity index (χ1n) is 4.74. The zero-order valence-corrected chi connectivity index (χ0v) is 8.21. The van der Waals surface area contributed by atoms with Gasteiger partial charge in [-0.1, -0.05) is 6.07 Å². The van der Waals surface area contributed by atoms with Crippen LogP contribution in [0, 0.1) is 0 Å². The van der Waals surface area contributed by atoms with Gasteiger partial charge in [0.1, 0.15) is 5.69 Å². The lowest BCUT2D eigenvalue weighted by Gasteiger charge is -2.01. The Balaban J connectivity index is 1.96. The van der Waals surface area contributed by atoms with E-state index in [0.717, 1.165) is 19.3 Å². The number of imidazole rings is 1. The summed E-state index contributed by atoms with van der Waals surface area (Å²) in [7, 11) is 0. The van der Waals surface area contributed by atoms with Crippen molar-refractivity contribution in [1.82, 2.24) is 14.5 Å². The minimum atomic E-state index is 0.473. The van der Waals surface area contributed by atoms with E-state index in [-0.39, 0.29) is 0 Å². The Bertz CT molecular complexity index is 436. The van der Waals surface area contributed by atoms with E-state index in [1.165, 1.54) is 5.56 Å². The molecule has 4 nitrogen and oxygen atoms in total. The number of aldehydes is 1. The van der Waals surface area contributed by atoms with Crippen LogP contribution in [0.15, 0.2) is 37.1 Å². The predicted octanol–water partition coefficient (Wildman–Crippen LogP) is 1.33. The van der Waals surface area contributed by atoms with Crippen LogP contribution >= 0.6 is 0 Å². The molecule has 0 unspecified atom stereocenters. The molecule has 76 valence electrons. The number of nitrogens with zero attached hydrogens (tertiary/aromatic N) is 3. The summed E-state index contributed by atoms with van der Waals surface area (Å²) in [6.07, 6.45) is 8.65. The molecule has 0 aliphatic carbocycles. The fourth-order valence-corrected chi connectivity index (χ4v) is 1.36. The number of rotatable bonds is 4. The summed E-state index contributed by atoms with van der Waals surface area (Å²) in [6.45, 7) is 0.812. The number of hydrogen-bond donors (Lipinski definition) is 0. The largest absolute Gasteiger partial charge is 0.336 e. The molecule has 0 fully saturated rings. The SMILES string of the molecule is O=Cc1cn(CCc2cccnc2)cn1. The van der Waals surface area contributed by atoms with Gasteiger partial charge in [-0.3, -0.25) is 9.78 Å². The molecule has 0 bridgehead atoms. The number of aromatic nitrogens is 3. The minimum Gasteiger partial charge on any atom is -0.336 e. The van der Waals surface area contributed by atoms with Gasteiger partial charge in [-0.15, -0.1) is 0 Å². The van der Waals surface area contributed by atoms with E-state index in [2.05, 4.69) is 9.97 Å². The molecule has 2 heterocycles. The van der Waals surface area contributed by atoms with E-state index in [0.29, 0.717) is 5.69 Å². The first-order chi connectivity index (χ1) is 7.38. The van der Waals surface area contributed by atoms with Gasteiger partial charge in [0.15, 0.2) is 6.29 Å². The Morgan fingerprint density at radius 2 is 2.40 bits per heavy atom. The van der Waals surface area contributed by atoms with Crippen molar-refractivity contribution in [2.24, 2.45) is 0 Å². The van der Waals surface area contributed by atoms with Crippen LogP contribution in [0.4, 0.5) is 0 Å². The van der Waals surface area contributed by atoms with Crippen LogP contribution in [-0.4, -0.2) is 20.8 Å². The quantitative estimate of drug-likeness (QED) is 0.701. The Morgan fingerprint density at radius 1 is 1.47 bits per heavy atom. The molecule has 2 aromatic rings. The first kappa shape index (κ1) is 9.58. The number of hydrogen-bond acceptors (Lipinski definition) is 3. The van der Waals surface area contributed by atoms with E-state index in [1.54, 1.807) is 18.7 Å². The maximum absolute atomic E-state index is 10.4. The van der Waals surface area contributed by atoms with Crippen molar-refractivity contribution in [1.29, 1.82) is 0 Å². The molecule has 0 aliphatic rings. The summed E-state index contributed by atoms with van der Waals surface area (Å²) in [5.74, 6) is 0. The molecule has 4 heteroatoms. The van der Waals surface area contributed by atoms with Crippen LogP contribution in [0.25, 0.3) is 0 Å². The minimum absolute atomic E-state index is 0.473. The van der Waals surface area contributed by atoms with Crippen molar-refractivity contribution in [3.8, 4) is 0 Å². The molecular formula is C11H11N3O. The van der Waals surface area contributed by atoms with Gasteiger partial charge in [0, 0.05) is 25.1 Å². The van der Waals surface area contributed by atoms with Gasteiger partial charge < -0.3 is 4.57 Å². The molecule has 0 aliphatic heterocycles. The monoisotopic (exact) mass is 201 g/mol. The summed E-state index contributed by atoms with van der Waals surface area (Å²) < 4.78 is 1.90. The van der Waals surface area contributed by atoms with Crippen molar-refractivity contribution >= 4 is 6.29 Å². The molecule has 0 aromatic carbocycles. The van der Waals surface area contributed by atoms with Gasteiger partial charge in [-0.05, 0) is 18.1 Å². The summed E-state index contributed by atoms with van der Waals surface area (Å²) in [5.41, 5.74) is 1.65. The van der Waals surface area contributed by atoms with E-state index in [1.807, 2.05) is 22.9 Å². The van der Waals surface area contributed by atoms with Crippen molar-refractivity contribution in [3.05, 3.63) is 48.3 Å². The summed E-state index contributed by atoms with van der Waals surface area (Å²) in [4.78, 5) is 18.4. The normalized spacial score (nSPS) is 10.1. The van der Waals surface area contributed by atoms with E-state index < -0.39 is 0 Å². The lowest BCUT2D eigenvalue weighted by atomic mass is 10.2. The zero-order valence-electron chi connectivity index (χ0n) is 8.21.